The summed E-state index contributed by atoms with van der Waals surface area (Å²) < 4.78 is 6.05. The number of aromatic nitrogens is 3. The summed E-state index contributed by atoms with van der Waals surface area (Å²) in [6.45, 7) is 5.11. The molecule has 0 atom stereocenters. The summed E-state index contributed by atoms with van der Waals surface area (Å²) in [5.74, 6) is -1.94. The second kappa shape index (κ2) is 6.25. The third-order valence-electron chi connectivity index (χ3n) is 3.41. The fourth-order valence-corrected chi connectivity index (χ4v) is 2.87. The molecule has 7 nitrogen and oxygen atoms in total. The molecule has 128 valence electrons. The van der Waals surface area contributed by atoms with Crippen molar-refractivity contribution in [2.45, 2.75) is 32.8 Å². The summed E-state index contributed by atoms with van der Waals surface area (Å²) in [6.07, 6.45) is 0.0114. The van der Waals surface area contributed by atoms with Crippen LogP contribution in [0.3, 0.4) is 0 Å². The van der Waals surface area contributed by atoms with E-state index in [0.717, 1.165) is 3.57 Å². The zero-order valence-electron chi connectivity index (χ0n) is 13.8. The van der Waals surface area contributed by atoms with E-state index in [2.05, 4.69) is 37.8 Å². The molecule has 0 unspecified atom stereocenters. The first kappa shape index (κ1) is 17.6. The van der Waals surface area contributed by atoms with Crippen molar-refractivity contribution in [3.05, 3.63) is 50.1 Å². The van der Waals surface area contributed by atoms with Crippen molar-refractivity contribution in [3.8, 4) is 0 Å². The topological polar surface area (TPSA) is 99.1 Å². The summed E-state index contributed by atoms with van der Waals surface area (Å²) >= 11 is 2.09. The van der Waals surface area contributed by atoms with Crippen LogP contribution in [0.2, 0.25) is 0 Å². The Morgan fingerprint density at radius 3 is 2.56 bits per heavy atom. The van der Waals surface area contributed by atoms with Gasteiger partial charge in [0.15, 0.2) is 11.5 Å². The highest BCUT2D eigenvalue weighted by molar-refractivity contribution is 14.1. The number of fused-ring (bicyclic) bond motifs is 2. The highest BCUT2D eigenvalue weighted by atomic mass is 127. The molecular formula is C17H14IN3O4. The molecule has 0 spiro atoms. The molecule has 2 aromatic rings. The van der Waals surface area contributed by atoms with Gasteiger partial charge in [-0.05, 0) is 61.1 Å². The van der Waals surface area contributed by atoms with Gasteiger partial charge in [0, 0.05) is 15.6 Å². The maximum Gasteiger partial charge on any atom is 0.378 e. The van der Waals surface area contributed by atoms with Crippen molar-refractivity contribution >= 4 is 40.1 Å². The van der Waals surface area contributed by atoms with E-state index >= 15 is 0 Å². The van der Waals surface area contributed by atoms with Crippen molar-refractivity contribution in [3.63, 3.8) is 0 Å². The van der Waals surface area contributed by atoms with Crippen LogP contribution in [0.5, 0.6) is 0 Å². The van der Waals surface area contributed by atoms with Gasteiger partial charge in [-0.15, -0.1) is 10.2 Å². The van der Waals surface area contributed by atoms with Crippen LogP contribution in [0.15, 0.2) is 18.2 Å². The lowest BCUT2D eigenvalue weighted by Crippen LogP contribution is -2.26. The van der Waals surface area contributed by atoms with Gasteiger partial charge >= 0.3 is 5.97 Å². The van der Waals surface area contributed by atoms with E-state index in [4.69, 9.17) is 4.74 Å². The number of ketones is 2. The van der Waals surface area contributed by atoms with E-state index < -0.39 is 17.4 Å². The highest BCUT2D eigenvalue weighted by Gasteiger charge is 2.31. The van der Waals surface area contributed by atoms with Crippen LogP contribution in [0, 0.1) is 3.57 Å². The van der Waals surface area contributed by atoms with E-state index in [-0.39, 0.29) is 29.4 Å². The molecule has 1 aliphatic carbocycles. The number of hydrogen-bond acceptors (Lipinski definition) is 7. The molecule has 0 fully saturated rings. The molecular weight excluding hydrogens is 437 g/mol. The quantitative estimate of drug-likeness (QED) is 0.485. The molecule has 1 aromatic carbocycles. The largest absolute Gasteiger partial charge is 0.454 e. The number of esters is 1. The molecule has 0 amide bonds. The molecule has 25 heavy (non-hydrogen) atoms. The van der Waals surface area contributed by atoms with Crippen LogP contribution in [0.25, 0.3) is 0 Å². The van der Waals surface area contributed by atoms with Crippen molar-refractivity contribution in [1.29, 1.82) is 0 Å². The highest BCUT2D eigenvalue weighted by Crippen LogP contribution is 2.24. The SMILES string of the molecule is CC(C)(C)OC(=O)c1nnc2c(n1)C(=O)Cc1ccc(I)cc1C2=O. The number of ether oxygens (including phenoxy) is 1. The smallest absolute Gasteiger partial charge is 0.378 e. The Morgan fingerprint density at radius 2 is 1.88 bits per heavy atom. The van der Waals surface area contributed by atoms with Gasteiger partial charge in [-0.3, -0.25) is 9.59 Å². The Morgan fingerprint density at radius 1 is 1.16 bits per heavy atom. The third kappa shape index (κ3) is 3.58. The van der Waals surface area contributed by atoms with E-state index in [9.17, 15) is 14.4 Å². The second-order valence-electron chi connectivity index (χ2n) is 6.57. The first-order valence-corrected chi connectivity index (χ1v) is 8.58. The fourth-order valence-electron chi connectivity index (χ4n) is 2.38. The molecule has 3 rings (SSSR count). The van der Waals surface area contributed by atoms with E-state index in [1.54, 1.807) is 32.9 Å². The number of Topliss-reactive ketones (excluding diaryl/α,β-unsaturated/α-hetero) is 1. The van der Waals surface area contributed by atoms with Crippen LogP contribution in [-0.4, -0.2) is 38.3 Å². The summed E-state index contributed by atoms with van der Waals surface area (Å²) in [5.41, 5.74) is -0.0146. The van der Waals surface area contributed by atoms with Gasteiger partial charge < -0.3 is 4.74 Å². The van der Waals surface area contributed by atoms with Crippen molar-refractivity contribution in [2.24, 2.45) is 0 Å². The summed E-state index contributed by atoms with van der Waals surface area (Å²) in [7, 11) is 0. The van der Waals surface area contributed by atoms with Crippen molar-refractivity contribution in [1.82, 2.24) is 15.2 Å². The molecule has 0 saturated heterocycles. The van der Waals surface area contributed by atoms with Gasteiger partial charge in [-0.25, -0.2) is 9.78 Å². The van der Waals surface area contributed by atoms with Gasteiger partial charge in [0.25, 0.3) is 5.82 Å². The second-order valence-corrected chi connectivity index (χ2v) is 7.81. The Kier molecular flexibility index (Phi) is 4.40. The van der Waals surface area contributed by atoms with Gasteiger partial charge in [-0.2, -0.15) is 0 Å². The minimum Gasteiger partial charge on any atom is -0.454 e. The predicted molar refractivity (Wildman–Crippen MR) is 95.6 cm³/mol. The van der Waals surface area contributed by atoms with E-state index in [1.807, 2.05) is 6.07 Å². The number of carbonyl (C=O) groups is 3. The van der Waals surface area contributed by atoms with Gasteiger partial charge in [0.2, 0.25) is 5.78 Å². The lowest BCUT2D eigenvalue weighted by molar-refractivity contribution is 0.00536. The molecule has 0 aliphatic heterocycles. The zero-order valence-corrected chi connectivity index (χ0v) is 15.9. The lowest BCUT2D eigenvalue weighted by atomic mass is 10.0. The monoisotopic (exact) mass is 451 g/mol. The van der Waals surface area contributed by atoms with Crippen molar-refractivity contribution in [2.75, 3.05) is 0 Å². The molecule has 1 heterocycles. The first-order valence-electron chi connectivity index (χ1n) is 7.50. The number of rotatable bonds is 1. The molecule has 0 radical (unpaired) electrons. The van der Waals surface area contributed by atoms with E-state index in [0.29, 0.717) is 11.1 Å². The minimum absolute atomic E-state index is 0.0114. The van der Waals surface area contributed by atoms with Crippen molar-refractivity contribution < 1.29 is 19.1 Å². The molecule has 0 bridgehead atoms. The molecule has 1 aliphatic rings. The molecule has 0 saturated carbocycles. The van der Waals surface area contributed by atoms with Gasteiger partial charge in [-0.1, -0.05) is 6.07 Å². The van der Waals surface area contributed by atoms with Crippen LogP contribution < -0.4 is 0 Å². The number of halogens is 1. The Labute approximate surface area is 157 Å². The molecule has 8 heteroatoms. The minimum atomic E-state index is -0.792. The fraction of sp³-hybridized carbons (Fsp3) is 0.294. The summed E-state index contributed by atoms with van der Waals surface area (Å²) in [4.78, 5) is 41.3. The average molecular weight is 451 g/mol. The maximum atomic E-state index is 12.7. The number of hydrogen-bond donors (Lipinski definition) is 0. The molecule has 1 aromatic heterocycles. The molecule has 0 N–H and O–H groups in total. The van der Waals surface area contributed by atoms with Gasteiger partial charge in [0.1, 0.15) is 11.3 Å². The Hall–Kier alpha value is -2.23. The summed E-state index contributed by atoms with van der Waals surface area (Å²) in [6, 6.07) is 5.26. The lowest BCUT2D eigenvalue weighted by Gasteiger charge is -2.18. The van der Waals surface area contributed by atoms with Crippen LogP contribution in [0.4, 0.5) is 0 Å². The normalized spacial score (nSPS) is 13.8. The standard InChI is InChI=1S/C17H14IN3O4/c1-17(2,3)25-16(24)15-19-12-11(22)6-8-4-5-9(18)7-10(8)14(23)13(12)20-21-15/h4-5,7H,6H2,1-3H3. The van der Waals surface area contributed by atoms with Crippen LogP contribution in [-0.2, 0) is 11.2 Å². The number of nitrogens with zero attached hydrogens (tertiary/aromatic N) is 3. The first-order chi connectivity index (χ1) is 11.7. The predicted octanol–water partition coefficient (Wildman–Crippen LogP) is 2.40. The Balaban J connectivity index is 2.06. The maximum absolute atomic E-state index is 12.7. The van der Waals surface area contributed by atoms with Crippen LogP contribution >= 0.6 is 22.6 Å². The van der Waals surface area contributed by atoms with Crippen LogP contribution in [0.1, 0.15) is 63.5 Å². The Bertz CT molecular complexity index is 919. The third-order valence-corrected chi connectivity index (χ3v) is 4.09. The zero-order chi connectivity index (χ0) is 18.4. The number of benzene rings is 1. The summed E-state index contributed by atoms with van der Waals surface area (Å²) in [5, 5.41) is 7.49. The average Bonchev–Trinajstić information content (AvgIpc) is 2.62. The number of carbonyl (C=O) groups excluding carboxylic acids is 3. The van der Waals surface area contributed by atoms with E-state index in [1.165, 1.54) is 0 Å². The van der Waals surface area contributed by atoms with Gasteiger partial charge in [0.05, 0.1) is 0 Å².